The van der Waals surface area contributed by atoms with Crippen molar-refractivity contribution in [2.45, 2.75) is 19.6 Å². The van der Waals surface area contributed by atoms with Crippen LogP contribution in [0, 0.1) is 6.92 Å². The Bertz CT molecular complexity index is 1090. The average molecular weight is 414 g/mol. The van der Waals surface area contributed by atoms with Crippen molar-refractivity contribution >= 4 is 35.1 Å². The Morgan fingerprint density at radius 3 is 2.39 bits per heavy atom. The van der Waals surface area contributed by atoms with Crippen LogP contribution in [0.5, 0.6) is 0 Å². The van der Waals surface area contributed by atoms with Crippen molar-refractivity contribution in [3.05, 3.63) is 91.8 Å². The number of aliphatic imine (C=N–C) groups is 1. The highest BCUT2D eigenvalue weighted by atomic mass is 35.5. The Hall–Kier alpha value is -2.83. The molecule has 0 fully saturated rings. The van der Waals surface area contributed by atoms with Crippen molar-refractivity contribution in [2.75, 3.05) is 5.32 Å². The lowest BCUT2D eigenvalue weighted by atomic mass is 10.1. The van der Waals surface area contributed by atoms with E-state index in [0.29, 0.717) is 34.2 Å². The monoisotopic (exact) mass is 413 g/mol. The largest absolute Gasteiger partial charge is 0.331 e. The molecule has 0 saturated carbocycles. The van der Waals surface area contributed by atoms with E-state index in [0.717, 1.165) is 11.1 Å². The quantitative estimate of drug-likeness (QED) is 0.680. The molecule has 4 rings (SSSR count). The van der Waals surface area contributed by atoms with Crippen LogP contribution in [0.4, 0.5) is 5.95 Å². The number of nitrogens with one attached hydrogen (secondary N) is 2. The van der Waals surface area contributed by atoms with Crippen LogP contribution in [0.3, 0.4) is 0 Å². The first-order chi connectivity index (χ1) is 13.5. The number of hydrogen-bond donors (Lipinski definition) is 2. The molecule has 3 aromatic rings. The van der Waals surface area contributed by atoms with Crippen LogP contribution in [0.15, 0.2) is 64.4 Å². The summed E-state index contributed by atoms with van der Waals surface area (Å²) < 4.78 is 1.57. The van der Waals surface area contributed by atoms with Crippen LogP contribution in [-0.4, -0.2) is 15.5 Å². The summed E-state index contributed by atoms with van der Waals surface area (Å²) in [5, 5.41) is 7.70. The molecule has 142 valence electrons. The smallest absolute Gasteiger partial charge is 0.257 e. The maximum Gasteiger partial charge on any atom is 0.257 e. The maximum atomic E-state index is 12.6. The van der Waals surface area contributed by atoms with Gasteiger partial charge in [0.15, 0.2) is 5.96 Å². The van der Waals surface area contributed by atoms with Gasteiger partial charge in [0.25, 0.3) is 5.56 Å². The van der Waals surface area contributed by atoms with Crippen molar-refractivity contribution in [1.29, 1.82) is 0 Å². The summed E-state index contributed by atoms with van der Waals surface area (Å²) in [6, 6.07) is 16.3. The van der Waals surface area contributed by atoms with E-state index in [4.69, 9.17) is 23.2 Å². The molecule has 0 radical (unpaired) electrons. The maximum absolute atomic E-state index is 12.6. The second-order valence-corrected chi connectivity index (χ2v) is 7.32. The summed E-state index contributed by atoms with van der Waals surface area (Å²) in [5.74, 6) is 0.978. The van der Waals surface area contributed by atoms with Gasteiger partial charge in [-0.15, -0.1) is 0 Å². The Morgan fingerprint density at radius 2 is 1.71 bits per heavy atom. The van der Waals surface area contributed by atoms with Crippen LogP contribution < -0.4 is 16.2 Å². The number of benzene rings is 2. The van der Waals surface area contributed by atoms with Gasteiger partial charge in [0, 0.05) is 21.8 Å². The molecule has 6 nitrogen and oxygen atoms in total. The van der Waals surface area contributed by atoms with Gasteiger partial charge in [-0.2, -0.15) is 0 Å². The molecule has 2 heterocycles. The summed E-state index contributed by atoms with van der Waals surface area (Å²) in [6.45, 7) is 2.24. The number of halogens is 2. The third-order valence-electron chi connectivity index (χ3n) is 4.36. The minimum Gasteiger partial charge on any atom is -0.331 e. The van der Waals surface area contributed by atoms with Gasteiger partial charge in [0.05, 0.1) is 6.54 Å². The summed E-state index contributed by atoms with van der Waals surface area (Å²) >= 11 is 11.9. The molecule has 1 aromatic heterocycles. The molecule has 0 amide bonds. The highest BCUT2D eigenvalue weighted by Crippen LogP contribution is 2.23. The van der Waals surface area contributed by atoms with E-state index >= 15 is 0 Å². The van der Waals surface area contributed by atoms with Crippen molar-refractivity contribution < 1.29 is 0 Å². The fraction of sp³-hybridized carbons (Fsp3) is 0.150. The number of rotatable bonds is 3. The van der Waals surface area contributed by atoms with Crippen molar-refractivity contribution in [2.24, 2.45) is 4.99 Å². The lowest BCUT2D eigenvalue weighted by Gasteiger charge is -2.31. The standard InChI is InChI=1S/C20H17Cl2N5O/c1-12-10-17(28)27-18(14-4-8-16(22)9-5-14)25-19(26-20(27)24-12)23-11-13-2-6-15(21)7-3-13/h2-10,18H,11H2,1H3,(H2,23,24,25,26). The number of fused-ring (bicyclic) bond motifs is 1. The predicted molar refractivity (Wildman–Crippen MR) is 112 cm³/mol. The Balaban J connectivity index is 1.71. The van der Waals surface area contributed by atoms with Crippen LogP contribution in [0.2, 0.25) is 10.0 Å². The van der Waals surface area contributed by atoms with Gasteiger partial charge in [0.1, 0.15) is 6.17 Å². The third-order valence-corrected chi connectivity index (χ3v) is 4.86. The zero-order valence-corrected chi connectivity index (χ0v) is 16.5. The molecule has 1 unspecified atom stereocenters. The molecule has 1 atom stereocenters. The first kappa shape index (κ1) is 18.5. The first-order valence-corrected chi connectivity index (χ1v) is 9.43. The van der Waals surface area contributed by atoms with E-state index in [1.165, 1.54) is 6.07 Å². The van der Waals surface area contributed by atoms with E-state index in [2.05, 4.69) is 20.6 Å². The molecule has 0 spiro atoms. The molecule has 2 aromatic carbocycles. The van der Waals surface area contributed by atoms with E-state index in [1.807, 2.05) is 36.4 Å². The second-order valence-electron chi connectivity index (χ2n) is 6.44. The summed E-state index contributed by atoms with van der Waals surface area (Å²) in [5.41, 5.74) is 2.37. The molecule has 1 aliphatic heterocycles. The molecule has 28 heavy (non-hydrogen) atoms. The van der Waals surface area contributed by atoms with E-state index < -0.39 is 6.17 Å². The van der Waals surface area contributed by atoms with Gasteiger partial charge in [-0.25, -0.2) is 9.98 Å². The SMILES string of the molecule is Cc1cc(=O)n2c(n1)NC(=NCc1ccc(Cl)cc1)NC2c1ccc(Cl)cc1. The average Bonchev–Trinajstić information content (AvgIpc) is 2.67. The lowest BCUT2D eigenvalue weighted by Crippen LogP contribution is -2.48. The first-order valence-electron chi connectivity index (χ1n) is 8.68. The van der Waals surface area contributed by atoms with Crippen LogP contribution in [0.1, 0.15) is 23.0 Å². The number of aryl methyl sites for hydroxylation is 1. The fourth-order valence-electron chi connectivity index (χ4n) is 3.00. The Kier molecular flexibility index (Phi) is 5.07. The minimum absolute atomic E-state index is 0.154. The van der Waals surface area contributed by atoms with Gasteiger partial charge in [0.2, 0.25) is 5.95 Å². The topological polar surface area (TPSA) is 71.3 Å². The third kappa shape index (κ3) is 3.88. The summed E-state index contributed by atoms with van der Waals surface area (Å²) in [7, 11) is 0. The Morgan fingerprint density at radius 1 is 1.07 bits per heavy atom. The van der Waals surface area contributed by atoms with Crippen LogP contribution >= 0.6 is 23.2 Å². The van der Waals surface area contributed by atoms with Gasteiger partial charge >= 0.3 is 0 Å². The second kappa shape index (κ2) is 7.66. The number of guanidine groups is 1. The van der Waals surface area contributed by atoms with Crippen molar-refractivity contribution in [3.8, 4) is 0 Å². The highest BCUT2D eigenvalue weighted by Gasteiger charge is 2.26. The number of nitrogens with zero attached hydrogens (tertiary/aromatic N) is 3. The van der Waals surface area contributed by atoms with Crippen LogP contribution in [0.25, 0.3) is 0 Å². The van der Waals surface area contributed by atoms with Crippen molar-refractivity contribution in [3.63, 3.8) is 0 Å². The number of hydrogen-bond acceptors (Lipinski definition) is 3. The minimum atomic E-state index is -0.446. The normalized spacial score (nSPS) is 17.0. The van der Waals surface area contributed by atoms with Gasteiger partial charge < -0.3 is 5.32 Å². The lowest BCUT2D eigenvalue weighted by molar-refractivity contribution is 0.515. The van der Waals surface area contributed by atoms with Crippen LogP contribution in [-0.2, 0) is 6.54 Å². The molecular formula is C20H17Cl2N5O. The van der Waals surface area contributed by atoms with E-state index in [-0.39, 0.29) is 5.56 Å². The molecule has 2 N–H and O–H groups in total. The summed E-state index contributed by atoms with van der Waals surface area (Å²) in [6.07, 6.45) is -0.446. The fourth-order valence-corrected chi connectivity index (χ4v) is 3.25. The molecule has 0 aliphatic carbocycles. The van der Waals surface area contributed by atoms with Crippen molar-refractivity contribution in [1.82, 2.24) is 14.9 Å². The number of anilines is 1. The zero-order chi connectivity index (χ0) is 19.7. The number of aromatic nitrogens is 2. The van der Waals surface area contributed by atoms with Gasteiger partial charge in [-0.1, -0.05) is 47.5 Å². The van der Waals surface area contributed by atoms with E-state index in [1.54, 1.807) is 23.6 Å². The molecule has 1 aliphatic rings. The predicted octanol–water partition coefficient (Wildman–Crippen LogP) is 3.98. The molecule has 8 heteroatoms. The van der Waals surface area contributed by atoms with E-state index in [9.17, 15) is 4.79 Å². The van der Waals surface area contributed by atoms with Gasteiger partial charge in [-0.05, 0) is 42.3 Å². The molecule has 0 saturated heterocycles. The van der Waals surface area contributed by atoms with Gasteiger partial charge in [-0.3, -0.25) is 14.7 Å². The molecular weight excluding hydrogens is 397 g/mol. The summed E-state index contributed by atoms with van der Waals surface area (Å²) in [4.78, 5) is 21.7. The molecule has 0 bridgehead atoms. The zero-order valence-electron chi connectivity index (χ0n) is 15.0. The highest BCUT2D eigenvalue weighted by molar-refractivity contribution is 6.30. The Labute approximate surface area is 171 Å².